The molecule has 0 heterocycles. The SMILES string of the molecule is CCCCCCCCOCC(O)[CH2][Na]. The molecule has 0 spiro atoms. The molecule has 0 radical (unpaired) electrons. The van der Waals surface area contributed by atoms with Crippen LogP contribution in [-0.4, -0.2) is 52.4 Å². The van der Waals surface area contributed by atoms with Crippen LogP contribution in [0.5, 0.6) is 0 Å². The van der Waals surface area contributed by atoms with Crippen LogP contribution in [0.2, 0.25) is 3.67 Å². The molecule has 14 heavy (non-hydrogen) atoms. The standard InChI is InChI=1S/C11H23O2.Na/c1-3-4-5-6-7-8-9-13-10-11(2)12;/h11-12H,2-10H2,1H3;. The summed E-state index contributed by atoms with van der Waals surface area (Å²) in [5.41, 5.74) is 0. The monoisotopic (exact) mass is 210 g/mol. The zero-order chi connectivity index (χ0) is 10.6. The van der Waals surface area contributed by atoms with Gasteiger partial charge in [-0.1, -0.05) is 0 Å². The van der Waals surface area contributed by atoms with Crippen molar-refractivity contribution < 1.29 is 9.84 Å². The molecule has 0 aromatic heterocycles. The number of hydrogen-bond donors (Lipinski definition) is 1. The van der Waals surface area contributed by atoms with Gasteiger partial charge in [-0.05, 0) is 0 Å². The predicted octanol–water partition coefficient (Wildman–Crippen LogP) is 2.31. The van der Waals surface area contributed by atoms with Gasteiger partial charge in [-0.25, -0.2) is 0 Å². The second-order valence-corrected chi connectivity index (χ2v) is 4.72. The Balaban J connectivity index is 2.92. The van der Waals surface area contributed by atoms with Crippen LogP contribution in [-0.2, 0) is 4.74 Å². The Bertz CT molecular complexity index is 109. The topological polar surface area (TPSA) is 29.5 Å². The molecule has 0 rings (SSSR count). The molecule has 2 nitrogen and oxygen atoms in total. The maximum absolute atomic E-state index is 9.24. The zero-order valence-electron chi connectivity index (χ0n) is 9.80. The van der Waals surface area contributed by atoms with Crippen LogP contribution in [0, 0.1) is 0 Å². The minimum absolute atomic E-state index is 0.207. The molecule has 0 saturated carbocycles. The molecule has 1 atom stereocenters. The maximum atomic E-state index is 9.24. The van der Waals surface area contributed by atoms with Crippen LogP contribution in [0.25, 0.3) is 0 Å². The second kappa shape index (κ2) is 12.0. The molecule has 0 aromatic rings. The van der Waals surface area contributed by atoms with Gasteiger partial charge in [-0.15, -0.1) is 0 Å². The number of hydrogen-bond acceptors (Lipinski definition) is 2. The van der Waals surface area contributed by atoms with E-state index in [1.165, 1.54) is 32.1 Å². The summed E-state index contributed by atoms with van der Waals surface area (Å²) in [6.07, 6.45) is 7.58. The van der Waals surface area contributed by atoms with E-state index in [-0.39, 0.29) is 6.10 Å². The molecular formula is C11H23NaO2. The molecule has 0 aromatic carbocycles. The van der Waals surface area contributed by atoms with Crippen molar-refractivity contribution in [3.05, 3.63) is 0 Å². The fourth-order valence-corrected chi connectivity index (χ4v) is 1.56. The Labute approximate surface area is 106 Å². The van der Waals surface area contributed by atoms with Gasteiger partial charge in [0.2, 0.25) is 0 Å². The fourth-order valence-electron chi connectivity index (χ4n) is 1.32. The molecule has 0 saturated heterocycles. The van der Waals surface area contributed by atoms with Crippen molar-refractivity contribution >= 4 is 27.9 Å². The van der Waals surface area contributed by atoms with Crippen molar-refractivity contribution in [2.24, 2.45) is 0 Å². The van der Waals surface area contributed by atoms with Gasteiger partial charge < -0.3 is 0 Å². The van der Waals surface area contributed by atoms with Gasteiger partial charge >= 0.3 is 106 Å². The molecule has 0 aliphatic heterocycles. The third-order valence-electron chi connectivity index (χ3n) is 2.42. The summed E-state index contributed by atoms with van der Waals surface area (Å²) < 4.78 is 6.29. The summed E-state index contributed by atoms with van der Waals surface area (Å²) in [5.74, 6) is 0. The van der Waals surface area contributed by atoms with Crippen molar-refractivity contribution in [2.45, 2.75) is 55.2 Å². The molecular weight excluding hydrogens is 187 g/mol. The van der Waals surface area contributed by atoms with E-state index in [9.17, 15) is 5.11 Å². The fraction of sp³-hybridized carbons (Fsp3) is 1.00. The summed E-state index contributed by atoms with van der Waals surface area (Å²) in [6.45, 7) is 3.60. The third-order valence-corrected chi connectivity index (χ3v) is 3.37. The second-order valence-electron chi connectivity index (χ2n) is 3.90. The predicted molar refractivity (Wildman–Crippen MR) is 60.8 cm³/mol. The Morgan fingerprint density at radius 3 is 2.43 bits per heavy atom. The van der Waals surface area contributed by atoms with E-state index in [0.717, 1.165) is 44.6 Å². The molecule has 0 aliphatic carbocycles. The van der Waals surface area contributed by atoms with Gasteiger partial charge in [-0.2, -0.15) is 0 Å². The van der Waals surface area contributed by atoms with Gasteiger partial charge in [-0.3, -0.25) is 0 Å². The number of rotatable bonds is 10. The molecule has 0 amide bonds. The van der Waals surface area contributed by atoms with E-state index in [0.29, 0.717) is 6.61 Å². The molecule has 1 N–H and O–H groups in total. The number of unbranched alkanes of at least 4 members (excludes halogenated alkanes) is 5. The van der Waals surface area contributed by atoms with Crippen molar-refractivity contribution in [3.63, 3.8) is 0 Å². The summed E-state index contributed by atoms with van der Waals surface area (Å²) in [7, 11) is 0. The molecule has 1 unspecified atom stereocenters. The van der Waals surface area contributed by atoms with Crippen LogP contribution in [0.15, 0.2) is 0 Å². The van der Waals surface area contributed by atoms with Crippen molar-refractivity contribution in [2.75, 3.05) is 13.2 Å². The summed E-state index contributed by atoms with van der Waals surface area (Å²) in [4.78, 5) is 0. The van der Waals surface area contributed by atoms with E-state index in [4.69, 9.17) is 4.74 Å². The molecule has 3 heteroatoms. The molecule has 0 fully saturated rings. The van der Waals surface area contributed by atoms with Gasteiger partial charge in [0.05, 0.1) is 0 Å². The van der Waals surface area contributed by atoms with Crippen LogP contribution in [0.3, 0.4) is 0 Å². The van der Waals surface area contributed by atoms with Crippen LogP contribution in [0.1, 0.15) is 45.4 Å². The van der Waals surface area contributed by atoms with E-state index in [2.05, 4.69) is 6.92 Å². The van der Waals surface area contributed by atoms with Crippen LogP contribution in [0.4, 0.5) is 0 Å². The van der Waals surface area contributed by atoms with Gasteiger partial charge in [0.1, 0.15) is 0 Å². The number of ether oxygens (including phenoxy) is 1. The zero-order valence-corrected chi connectivity index (χ0v) is 11.8. The third kappa shape index (κ3) is 11.0. The first kappa shape index (κ1) is 14.9. The first-order chi connectivity index (χ1) is 6.81. The van der Waals surface area contributed by atoms with Crippen LogP contribution < -0.4 is 0 Å². The number of aliphatic hydroxyl groups is 1. The first-order valence-corrected chi connectivity index (χ1v) is 7.48. The van der Waals surface area contributed by atoms with Crippen molar-refractivity contribution in [1.29, 1.82) is 0 Å². The average molecular weight is 210 g/mol. The Morgan fingerprint density at radius 1 is 1.14 bits per heavy atom. The average Bonchev–Trinajstić information content (AvgIpc) is 2.21. The summed E-state index contributed by atoms with van der Waals surface area (Å²) >= 11 is 1.06. The normalized spacial score (nSPS) is 13.1. The molecule has 80 valence electrons. The summed E-state index contributed by atoms with van der Waals surface area (Å²) in [5, 5.41) is 9.24. The van der Waals surface area contributed by atoms with Crippen LogP contribution >= 0.6 is 0 Å². The van der Waals surface area contributed by atoms with Gasteiger partial charge in [0.25, 0.3) is 0 Å². The Hall–Kier alpha value is 0.920. The Kier molecular flexibility index (Phi) is 12.8. The van der Waals surface area contributed by atoms with E-state index in [1.54, 1.807) is 0 Å². The van der Waals surface area contributed by atoms with Crippen molar-refractivity contribution in [1.82, 2.24) is 0 Å². The van der Waals surface area contributed by atoms with E-state index in [1.807, 2.05) is 0 Å². The van der Waals surface area contributed by atoms with Gasteiger partial charge in [0.15, 0.2) is 0 Å². The first-order valence-electron chi connectivity index (χ1n) is 6.07. The number of aliphatic hydroxyl groups excluding tert-OH is 1. The Morgan fingerprint density at radius 2 is 1.79 bits per heavy atom. The van der Waals surface area contributed by atoms with E-state index < -0.39 is 0 Å². The molecule has 0 aliphatic rings. The van der Waals surface area contributed by atoms with E-state index >= 15 is 0 Å². The summed E-state index contributed by atoms with van der Waals surface area (Å²) in [6, 6.07) is 0. The minimum atomic E-state index is -0.207. The molecule has 0 bridgehead atoms. The quantitative estimate of drug-likeness (QED) is 0.443. The van der Waals surface area contributed by atoms with Crippen molar-refractivity contribution in [3.8, 4) is 0 Å². The van der Waals surface area contributed by atoms with Gasteiger partial charge in [0, 0.05) is 0 Å².